The topological polar surface area (TPSA) is 12.0 Å². The minimum absolute atomic E-state index is 0.360. The van der Waals surface area contributed by atoms with E-state index >= 15 is 0 Å². The van der Waals surface area contributed by atoms with Crippen LogP contribution in [-0.2, 0) is 6.42 Å². The highest BCUT2D eigenvalue weighted by Crippen LogP contribution is 2.28. The van der Waals surface area contributed by atoms with E-state index in [1.807, 2.05) is 18.8 Å². The zero-order valence-electron chi connectivity index (χ0n) is 12.7. The Kier molecular flexibility index (Phi) is 5.27. The fourth-order valence-corrected chi connectivity index (χ4v) is 3.22. The lowest BCUT2D eigenvalue weighted by molar-refractivity contribution is 0.581. The van der Waals surface area contributed by atoms with E-state index in [4.69, 9.17) is 0 Å². The van der Waals surface area contributed by atoms with Crippen LogP contribution in [0.25, 0.3) is 0 Å². The van der Waals surface area contributed by atoms with Crippen LogP contribution in [0.5, 0.6) is 0 Å². The summed E-state index contributed by atoms with van der Waals surface area (Å²) in [6.45, 7) is 4.36. The zero-order valence-corrected chi connectivity index (χ0v) is 13.6. The number of nitrogens with one attached hydrogen (secondary N) is 1. The number of likely N-dealkylation sites (N-methyl/N-ethyl adjacent to an activating group) is 1. The Hall–Kier alpha value is -1.25. The van der Waals surface area contributed by atoms with E-state index < -0.39 is 0 Å². The van der Waals surface area contributed by atoms with Crippen LogP contribution in [0.2, 0.25) is 0 Å². The van der Waals surface area contributed by atoms with Crippen LogP contribution in [-0.4, -0.2) is 13.3 Å². The van der Waals surface area contributed by atoms with Gasteiger partial charge in [0.1, 0.15) is 0 Å². The number of thioether (sulfide) groups is 1. The lowest BCUT2D eigenvalue weighted by Gasteiger charge is -2.20. The molecule has 2 heteroatoms. The van der Waals surface area contributed by atoms with Gasteiger partial charge in [0.25, 0.3) is 0 Å². The summed E-state index contributed by atoms with van der Waals surface area (Å²) in [5.41, 5.74) is 5.53. The predicted octanol–water partition coefficient (Wildman–Crippen LogP) is 4.53. The van der Waals surface area contributed by atoms with Gasteiger partial charge in [-0.2, -0.15) is 0 Å². The third-order valence-electron chi connectivity index (χ3n) is 3.79. The van der Waals surface area contributed by atoms with Gasteiger partial charge in [0, 0.05) is 10.9 Å². The molecule has 1 nitrogen and oxygen atoms in total. The van der Waals surface area contributed by atoms with Crippen molar-refractivity contribution in [2.45, 2.75) is 31.2 Å². The summed E-state index contributed by atoms with van der Waals surface area (Å²) in [7, 11) is 2.05. The summed E-state index contributed by atoms with van der Waals surface area (Å²) in [5, 5.41) is 3.47. The Morgan fingerprint density at radius 3 is 2.55 bits per heavy atom. The molecule has 0 aliphatic rings. The summed E-state index contributed by atoms with van der Waals surface area (Å²) in [5.74, 6) is 0. The van der Waals surface area contributed by atoms with Gasteiger partial charge in [-0.3, -0.25) is 0 Å². The predicted molar refractivity (Wildman–Crippen MR) is 89.6 cm³/mol. The average molecular weight is 285 g/mol. The molecule has 0 fully saturated rings. The van der Waals surface area contributed by atoms with Crippen LogP contribution in [0.15, 0.2) is 47.4 Å². The summed E-state index contributed by atoms with van der Waals surface area (Å²) in [6.07, 6.45) is 3.17. The van der Waals surface area contributed by atoms with E-state index in [2.05, 4.69) is 67.9 Å². The van der Waals surface area contributed by atoms with E-state index in [-0.39, 0.29) is 0 Å². The van der Waals surface area contributed by atoms with Crippen molar-refractivity contribution in [3.05, 3.63) is 64.7 Å². The minimum Gasteiger partial charge on any atom is -0.313 e. The third kappa shape index (κ3) is 3.44. The third-order valence-corrected chi connectivity index (χ3v) is 4.60. The second-order valence-corrected chi connectivity index (χ2v) is 6.07. The zero-order chi connectivity index (χ0) is 14.5. The molecule has 1 N–H and O–H groups in total. The number of aryl methyl sites for hydroxylation is 2. The molecule has 2 rings (SSSR count). The summed E-state index contributed by atoms with van der Waals surface area (Å²) in [4.78, 5) is 1.36. The molecule has 2 aromatic rings. The molecular formula is C18H23NS. The Morgan fingerprint density at radius 2 is 1.85 bits per heavy atom. The fraction of sp³-hybridized carbons (Fsp3) is 0.333. The molecule has 1 unspecified atom stereocenters. The lowest BCUT2D eigenvalue weighted by Crippen LogP contribution is -2.20. The van der Waals surface area contributed by atoms with Crippen molar-refractivity contribution in [3.63, 3.8) is 0 Å². The normalized spacial score (nSPS) is 12.4. The first-order valence-corrected chi connectivity index (χ1v) is 8.24. The maximum atomic E-state index is 3.47. The molecule has 0 aliphatic heterocycles. The second-order valence-electron chi connectivity index (χ2n) is 5.22. The number of hydrogen-bond acceptors (Lipinski definition) is 2. The molecule has 0 saturated carbocycles. The highest BCUT2D eigenvalue weighted by molar-refractivity contribution is 7.98. The van der Waals surface area contributed by atoms with E-state index in [1.54, 1.807) is 0 Å². The van der Waals surface area contributed by atoms with Gasteiger partial charge in [-0.05, 0) is 56.3 Å². The van der Waals surface area contributed by atoms with Crippen LogP contribution in [0.4, 0.5) is 0 Å². The SMILES string of the molecule is CNC(Cc1cc(C)ccc1C)c1ccccc1SC. The Bertz CT molecular complexity index is 577. The van der Waals surface area contributed by atoms with Crippen molar-refractivity contribution < 1.29 is 0 Å². The Labute approximate surface area is 126 Å². The van der Waals surface area contributed by atoms with E-state index in [1.165, 1.54) is 27.1 Å². The van der Waals surface area contributed by atoms with Crippen molar-refractivity contribution >= 4 is 11.8 Å². The average Bonchev–Trinajstić information content (AvgIpc) is 2.48. The van der Waals surface area contributed by atoms with Gasteiger partial charge in [-0.1, -0.05) is 42.0 Å². The Morgan fingerprint density at radius 1 is 1.10 bits per heavy atom. The molecule has 0 aromatic heterocycles. The quantitative estimate of drug-likeness (QED) is 0.810. The highest BCUT2D eigenvalue weighted by Gasteiger charge is 2.14. The molecule has 0 radical (unpaired) electrons. The molecule has 0 heterocycles. The first-order chi connectivity index (χ1) is 9.65. The van der Waals surface area contributed by atoms with Crippen LogP contribution in [0, 0.1) is 13.8 Å². The van der Waals surface area contributed by atoms with E-state index in [9.17, 15) is 0 Å². The number of hydrogen-bond donors (Lipinski definition) is 1. The van der Waals surface area contributed by atoms with Gasteiger partial charge in [-0.25, -0.2) is 0 Å². The number of benzene rings is 2. The summed E-state index contributed by atoms with van der Waals surface area (Å²) >= 11 is 1.82. The standard InChI is InChI=1S/C18H23NS/c1-13-9-10-14(2)15(11-13)12-17(19-3)16-7-5-6-8-18(16)20-4/h5-11,17,19H,12H2,1-4H3. The van der Waals surface area contributed by atoms with Crippen LogP contribution < -0.4 is 5.32 Å². The van der Waals surface area contributed by atoms with Gasteiger partial charge in [0.15, 0.2) is 0 Å². The first kappa shape index (κ1) is 15.1. The minimum atomic E-state index is 0.360. The number of rotatable bonds is 5. The lowest BCUT2D eigenvalue weighted by atomic mass is 9.95. The van der Waals surface area contributed by atoms with Gasteiger partial charge >= 0.3 is 0 Å². The monoisotopic (exact) mass is 285 g/mol. The second kappa shape index (κ2) is 6.96. The van der Waals surface area contributed by atoms with Crippen molar-refractivity contribution in [2.24, 2.45) is 0 Å². The smallest absolute Gasteiger partial charge is 0.0369 e. The summed E-state index contributed by atoms with van der Waals surface area (Å²) in [6, 6.07) is 15.7. The first-order valence-electron chi connectivity index (χ1n) is 7.02. The van der Waals surface area contributed by atoms with Crippen molar-refractivity contribution in [2.75, 3.05) is 13.3 Å². The van der Waals surface area contributed by atoms with Crippen LogP contribution in [0.1, 0.15) is 28.3 Å². The maximum Gasteiger partial charge on any atom is 0.0369 e. The van der Waals surface area contributed by atoms with Crippen molar-refractivity contribution in [1.82, 2.24) is 5.32 Å². The molecule has 106 valence electrons. The van der Waals surface area contributed by atoms with Crippen LogP contribution in [0.3, 0.4) is 0 Å². The molecule has 1 atom stereocenters. The van der Waals surface area contributed by atoms with Crippen molar-refractivity contribution in [1.29, 1.82) is 0 Å². The molecule has 0 bridgehead atoms. The molecule has 20 heavy (non-hydrogen) atoms. The van der Waals surface area contributed by atoms with Gasteiger partial charge in [-0.15, -0.1) is 11.8 Å². The Balaban J connectivity index is 2.31. The van der Waals surface area contributed by atoms with Crippen molar-refractivity contribution in [3.8, 4) is 0 Å². The largest absolute Gasteiger partial charge is 0.313 e. The maximum absolute atomic E-state index is 3.47. The van der Waals surface area contributed by atoms with E-state index in [0.717, 1.165) is 6.42 Å². The molecule has 0 aliphatic carbocycles. The molecule has 0 amide bonds. The van der Waals surface area contributed by atoms with Gasteiger partial charge < -0.3 is 5.32 Å². The van der Waals surface area contributed by atoms with Gasteiger partial charge in [0.05, 0.1) is 0 Å². The molecule has 0 saturated heterocycles. The molecule has 0 spiro atoms. The van der Waals surface area contributed by atoms with E-state index in [0.29, 0.717) is 6.04 Å². The summed E-state index contributed by atoms with van der Waals surface area (Å²) < 4.78 is 0. The molecular weight excluding hydrogens is 262 g/mol. The van der Waals surface area contributed by atoms with Gasteiger partial charge in [0.2, 0.25) is 0 Å². The highest BCUT2D eigenvalue weighted by atomic mass is 32.2. The van der Waals surface area contributed by atoms with Crippen LogP contribution >= 0.6 is 11.8 Å². The fourth-order valence-electron chi connectivity index (χ4n) is 2.56. The molecule has 2 aromatic carbocycles.